The zero-order chi connectivity index (χ0) is 13.5. The maximum absolute atomic E-state index is 9.47. The van der Waals surface area contributed by atoms with Gasteiger partial charge in [0.2, 0.25) is 11.2 Å². The third-order valence-electron chi connectivity index (χ3n) is 1.78. The van der Waals surface area contributed by atoms with Crippen LogP contribution in [0, 0.1) is 0 Å². The van der Waals surface area contributed by atoms with Crippen molar-refractivity contribution in [1.82, 2.24) is 15.0 Å². The summed E-state index contributed by atoms with van der Waals surface area (Å²) < 4.78 is 10.1. The number of rotatable bonds is 7. The second-order valence-electron chi connectivity index (χ2n) is 3.87. The van der Waals surface area contributed by atoms with Crippen molar-refractivity contribution in [3.8, 4) is 6.01 Å². The van der Waals surface area contributed by atoms with Crippen molar-refractivity contribution >= 4 is 17.5 Å². The molecule has 1 heterocycles. The monoisotopic (exact) mass is 276 g/mol. The molecule has 0 saturated carbocycles. The molecule has 7 nitrogen and oxygen atoms in total. The second-order valence-corrected chi connectivity index (χ2v) is 4.21. The maximum Gasteiger partial charge on any atom is 0.322 e. The first-order valence-corrected chi connectivity index (χ1v) is 5.88. The molecule has 1 aromatic rings. The van der Waals surface area contributed by atoms with Crippen LogP contribution in [0.4, 0.5) is 5.95 Å². The fraction of sp³-hybridized carbons (Fsp3) is 0.700. The van der Waals surface area contributed by atoms with Crippen molar-refractivity contribution in [2.24, 2.45) is 0 Å². The van der Waals surface area contributed by atoms with E-state index in [4.69, 9.17) is 21.1 Å². The third-order valence-corrected chi connectivity index (χ3v) is 1.95. The number of aromatic nitrogens is 3. The van der Waals surface area contributed by atoms with Crippen LogP contribution in [0.5, 0.6) is 6.01 Å². The Bertz CT molecular complexity index is 378. The quantitative estimate of drug-likeness (QED) is 0.759. The van der Waals surface area contributed by atoms with E-state index in [0.29, 0.717) is 0 Å². The van der Waals surface area contributed by atoms with Crippen molar-refractivity contribution in [1.29, 1.82) is 0 Å². The summed E-state index contributed by atoms with van der Waals surface area (Å²) in [5, 5.41) is 12.3. The molecular weight excluding hydrogens is 260 g/mol. The van der Waals surface area contributed by atoms with Gasteiger partial charge in [-0.25, -0.2) is 0 Å². The first-order chi connectivity index (χ1) is 8.51. The Hall–Kier alpha value is -1.18. The molecule has 1 atom stereocenters. The van der Waals surface area contributed by atoms with Crippen LogP contribution >= 0.6 is 11.6 Å². The van der Waals surface area contributed by atoms with Gasteiger partial charge in [0.1, 0.15) is 0 Å². The number of halogens is 1. The molecule has 0 aromatic carbocycles. The van der Waals surface area contributed by atoms with Gasteiger partial charge in [0.15, 0.2) is 0 Å². The summed E-state index contributed by atoms with van der Waals surface area (Å²) in [4.78, 5) is 11.7. The summed E-state index contributed by atoms with van der Waals surface area (Å²) in [5.41, 5.74) is 0. The summed E-state index contributed by atoms with van der Waals surface area (Å²) in [6.45, 7) is 4.18. The van der Waals surface area contributed by atoms with Gasteiger partial charge in [-0.2, -0.15) is 15.0 Å². The molecule has 0 spiro atoms. The zero-order valence-electron chi connectivity index (χ0n) is 10.6. The van der Waals surface area contributed by atoms with E-state index in [0.717, 1.165) is 0 Å². The Morgan fingerprint density at radius 1 is 1.33 bits per heavy atom. The summed E-state index contributed by atoms with van der Waals surface area (Å²) in [6, 6.07) is 0.147. The Morgan fingerprint density at radius 3 is 2.67 bits per heavy atom. The van der Waals surface area contributed by atoms with E-state index in [1.165, 1.54) is 7.11 Å². The number of methoxy groups -OCH3 is 1. The normalized spacial score (nSPS) is 12.6. The summed E-state index contributed by atoms with van der Waals surface area (Å²) in [7, 11) is 1.51. The number of anilines is 1. The number of nitrogens with zero attached hydrogens (tertiary/aromatic N) is 3. The van der Waals surface area contributed by atoms with Crippen LogP contribution in [0.25, 0.3) is 0 Å². The lowest BCUT2D eigenvalue weighted by molar-refractivity contribution is 0.0726. The van der Waals surface area contributed by atoms with Gasteiger partial charge in [0.25, 0.3) is 0 Å². The van der Waals surface area contributed by atoms with E-state index in [9.17, 15) is 5.11 Å². The van der Waals surface area contributed by atoms with E-state index in [1.54, 1.807) is 0 Å². The van der Waals surface area contributed by atoms with Gasteiger partial charge in [0.05, 0.1) is 18.8 Å². The highest BCUT2D eigenvalue weighted by Gasteiger charge is 2.09. The molecule has 1 aromatic heterocycles. The van der Waals surface area contributed by atoms with Crippen LogP contribution in [0.2, 0.25) is 5.28 Å². The van der Waals surface area contributed by atoms with Crippen LogP contribution in [0.3, 0.4) is 0 Å². The minimum absolute atomic E-state index is 0.0318. The number of hydrogen-bond donors (Lipinski definition) is 2. The molecule has 0 aliphatic heterocycles. The summed E-state index contributed by atoms with van der Waals surface area (Å²) >= 11 is 5.74. The Morgan fingerprint density at radius 2 is 2.06 bits per heavy atom. The fourth-order valence-electron chi connectivity index (χ4n) is 1.13. The van der Waals surface area contributed by atoms with Gasteiger partial charge in [-0.1, -0.05) is 0 Å². The van der Waals surface area contributed by atoms with Gasteiger partial charge >= 0.3 is 6.01 Å². The third kappa shape index (κ3) is 5.44. The number of aliphatic hydroxyl groups excluding tert-OH is 1. The Labute approximate surface area is 111 Å². The number of ether oxygens (including phenoxy) is 2. The molecule has 1 rings (SSSR count). The second kappa shape index (κ2) is 7.30. The van der Waals surface area contributed by atoms with Gasteiger partial charge in [0, 0.05) is 13.7 Å². The Kier molecular flexibility index (Phi) is 6.03. The number of hydrogen-bond acceptors (Lipinski definition) is 7. The van der Waals surface area contributed by atoms with Gasteiger partial charge in [-0.15, -0.1) is 0 Å². The molecule has 0 saturated heterocycles. The zero-order valence-corrected chi connectivity index (χ0v) is 11.3. The predicted molar refractivity (Wildman–Crippen MR) is 67.0 cm³/mol. The minimum Gasteiger partial charge on any atom is -0.461 e. The largest absolute Gasteiger partial charge is 0.461 e. The topological polar surface area (TPSA) is 89.4 Å². The predicted octanol–water partition coefficient (Wildman–Crippen LogP) is 0.731. The highest BCUT2D eigenvalue weighted by Crippen LogP contribution is 2.12. The lowest BCUT2D eigenvalue weighted by Gasteiger charge is -2.12. The molecule has 0 amide bonds. The Balaban J connectivity index is 2.62. The van der Waals surface area contributed by atoms with Crippen LogP contribution in [-0.2, 0) is 4.74 Å². The first-order valence-electron chi connectivity index (χ1n) is 5.50. The highest BCUT2D eigenvalue weighted by atomic mass is 35.5. The molecule has 0 bridgehead atoms. The molecule has 0 aliphatic rings. The highest BCUT2D eigenvalue weighted by molar-refractivity contribution is 6.28. The molecule has 8 heteroatoms. The molecule has 18 heavy (non-hydrogen) atoms. The lowest BCUT2D eigenvalue weighted by Crippen LogP contribution is -2.25. The molecule has 0 fully saturated rings. The van der Waals surface area contributed by atoms with E-state index in [2.05, 4.69) is 20.3 Å². The average molecular weight is 277 g/mol. The SMILES string of the molecule is COCC(O)CNc1nc(Cl)nc(OC(C)C)n1. The minimum atomic E-state index is -0.653. The van der Waals surface area contributed by atoms with Crippen molar-refractivity contribution in [3.63, 3.8) is 0 Å². The molecule has 0 aliphatic carbocycles. The van der Waals surface area contributed by atoms with E-state index < -0.39 is 6.10 Å². The lowest BCUT2D eigenvalue weighted by atomic mass is 10.4. The van der Waals surface area contributed by atoms with Crippen molar-refractivity contribution < 1.29 is 14.6 Å². The smallest absolute Gasteiger partial charge is 0.322 e. The number of nitrogens with one attached hydrogen (secondary N) is 1. The molecule has 2 N–H and O–H groups in total. The number of aliphatic hydroxyl groups is 1. The first kappa shape index (κ1) is 14.9. The van der Waals surface area contributed by atoms with Gasteiger partial charge in [-0.05, 0) is 25.4 Å². The summed E-state index contributed by atoms with van der Waals surface area (Å²) in [5.74, 6) is 0.251. The van der Waals surface area contributed by atoms with Crippen LogP contribution in [0.15, 0.2) is 0 Å². The van der Waals surface area contributed by atoms with Crippen molar-refractivity contribution in [2.45, 2.75) is 26.1 Å². The molecule has 0 radical (unpaired) electrons. The van der Waals surface area contributed by atoms with E-state index in [-0.39, 0.29) is 36.5 Å². The van der Waals surface area contributed by atoms with Crippen molar-refractivity contribution in [3.05, 3.63) is 5.28 Å². The maximum atomic E-state index is 9.47. The van der Waals surface area contributed by atoms with Gasteiger partial charge < -0.3 is 19.9 Å². The molecule has 102 valence electrons. The molecule has 1 unspecified atom stereocenters. The molecular formula is C10H17ClN4O3. The van der Waals surface area contributed by atoms with Crippen LogP contribution in [-0.4, -0.2) is 52.5 Å². The van der Waals surface area contributed by atoms with Crippen molar-refractivity contribution in [2.75, 3.05) is 25.6 Å². The van der Waals surface area contributed by atoms with Crippen LogP contribution < -0.4 is 10.1 Å². The van der Waals surface area contributed by atoms with E-state index in [1.807, 2.05) is 13.8 Å². The van der Waals surface area contributed by atoms with Crippen LogP contribution in [0.1, 0.15) is 13.8 Å². The van der Waals surface area contributed by atoms with Gasteiger partial charge in [-0.3, -0.25) is 0 Å². The summed E-state index contributed by atoms with van der Waals surface area (Å²) in [6.07, 6.45) is -0.713. The fourth-order valence-corrected chi connectivity index (χ4v) is 1.29. The average Bonchev–Trinajstić information content (AvgIpc) is 2.25. The van der Waals surface area contributed by atoms with E-state index >= 15 is 0 Å². The standard InChI is InChI=1S/C10H17ClN4O3/c1-6(2)18-10-14-8(11)13-9(15-10)12-4-7(16)5-17-3/h6-7,16H,4-5H2,1-3H3,(H,12,13,14,15).